The first-order valence-electron chi connectivity index (χ1n) is 7.78. The summed E-state index contributed by atoms with van der Waals surface area (Å²) in [7, 11) is 0. The van der Waals surface area contributed by atoms with Crippen molar-refractivity contribution in [3.63, 3.8) is 0 Å². The summed E-state index contributed by atoms with van der Waals surface area (Å²) in [4.78, 5) is 2.72. The Morgan fingerprint density at radius 1 is 1.16 bits per heavy atom. The number of aryl methyl sites for hydroxylation is 2. The monoisotopic (exact) mass is 258 g/mol. The van der Waals surface area contributed by atoms with Crippen molar-refractivity contribution in [3.05, 3.63) is 29.3 Å². The first kappa shape index (κ1) is 13.0. The van der Waals surface area contributed by atoms with Crippen LogP contribution in [-0.4, -0.2) is 24.7 Å². The summed E-state index contributed by atoms with van der Waals surface area (Å²) in [5.41, 5.74) is 4.29. The highest BCUT2D eigenvalue weighted by Gasteiger charge is 2.40. The van der Waals surface area contributed by atoms with Gasteiger partial charge in [0.1, 0.15) is 0 Å². The SMILES string of the molecule is CCNC1CC2CCC(C1)N2c1ccc(C)cc1C. The Morgan fingerprint density at radius 3 is 2.42 bits per heavy atom. The maximum atomic E-state index is 3.65. The van der Waals surface area contributed by atoms with Gasteiger partial charge < -0.3 is 10.2 Å². The molecule has 2 aliphatic heterocycles. The molecule has 1 aromatic rings. The Bertz CT molecular complexity index is 441. The first-order valence-corrected chi connectivity index (χ1v) is 7.78. The molecule has 1 aromatic carbocycles. The van der Waals surface area contributed by atoms with Crippen LogP contribution in [0.25, 0.3) is 0 Å². The van der Waals surface area contributed by atoms with Gasteiger partial charge in [-0.2, -0.15) is 0 Å². The summed E-state index contributed by atoms with van der Waals surface area (Å²) in [6.45, 7) is 7.77. The van der Waals surface area contributed by atoms with E-state index in [4.69, 9.17) is 0 Å². The zero-order valence-electron chi connectivity index (χ0n) is 12.4. The van der Waals surface area contributed by atoms with Gasteiger partial charge in [0.05, 0.1) is 0 Å². The Morgan fingerprint density at radius 2 is 1.84 bits per heavy atom. The molecule has 2 unspecified atom stereocenters. The highest BCUT2D eigenvalue weighted by molar-refractivity contribution is 5.57. The fourth-order valence-corrected chi connectivity index (χ4v) is 4.12. The van der Waals surface area contributed by atoms with Crippen LogP contribution in [0.1, 0.15) is 43.7 Å². The third-order valence-electron chi connectivity index (χ3n) is 4.86. The van der Waals surface area contributed by atoms with Gasteiger partial charge in [-0.25, -0.2) is 0 Å². The molecule has 104 valence electrons. The average Bonchev–Trinajstić information content (AvgIpc) is 2.63. The minimum Gasteiger partial charge on any atom is -0.365 e. The number of hydrogen-bond donors (Lipinski definition) is 1. The van der Waals surface area contributed by atoms with Gasteiger partial charge in [0.25, 0.3) is 0 Å². The summed E-state index contributed by atoms with van der Waals surface area (Å²) < 4.78 is 0. The molecule has 2 heteroatoms. The van der Waals surface area contributed by atoms with Crippen LogP contribution in [0.3, 0.4) is 0 Å². The van der Waals surface area contributed by atoms with Crippen LogP contribution >= 0.6 is 0 Å². The molecule has 2 saturated heterocycles. The lowest BCUT2D eigenvalue weighted by Gasteiger charge is -2.41. The summed E-state index contributed by atoms with van der Waals surface area (Å²) >= 11 is 0. The van der Waals surface area contributed by atoms with E-state index in [2.05, 4.69) is 49.2 Å². The molecule has 0 radical (unpaired) electrons. The van der Waals surface area contributed by atoms with Crippen molar-refractivity contribution in [1.82, 2.24) is 5.32 Å². The Balaban J connectivity index is 1.83. The minimum absolute atomic E-state index is 0.740. The molecule has 3 rings (SSSR count). The van der Waals surface area contributed by atoms with Crippen LogP contribution in [0.5, 0.6) is 0 Å². The maximum absolute atomic E-state index is 3.65. The quantitative estimate of drug-likeness (QED) is 0.894. The van der Waals surface area contributed by atoms with E-state index in [9.17, 15) is 0 Å². The number of nitrogens with one attached hydrogen (secondary N) is 1. The largest absolute Gasteiger partial charge is 0.365 e. The normalized spacial score (nSPS) is 29.8. The number of anilines is 1. The van der Waals surface area contributed by atoms with Crippen molar-refractivity contribution in [2.45, 2.75) is 64.6 Å². The highest BCUT2D eigenvalue weighted by Crippen LogP contribution is 2.40. The number of piperidine rings is 1. The van der Waals surface area contributed by atoms with Gasteiger partial charge in [0.2, 0.25) is 0 Å². The van der Waals surface area contributed by atoms with Crippen LogP contribution in [0, 0.1) is 13.8 Å². The summed E-state index contributed by atoms with van der Waals surface area (Å²) in [5, 5.41) is 3.65. The fourth-order valence-electron chi connectivity index (χ4n) is 4.12. The van der Waals surface area contributed by atoms with Gasteiger partial charge in [-0.3, -0.25) is 0 Å². The minimum atomic E-state index is 0.740. The van der Waals surface area contributed by atoms with Crippen LogP contribution in [0.4, 0.5) is 5.69 Å². The molecule has 2 bridgehead atoms. The molecule has 2 aliphatic rings. The Labute approximate surface area is 117 Å². The highest BCUT2D eigenvalue weighted by atomic mass is 15.2. The summed E-state index contributed by atoms with van der Waals surface area (Å²) in [6, 6.07) is 9.17. The smallest absolute Gasteiger partial charge is 0.0401 e. The van der Waals surface area contributed by atoms with E-state index < -0.39 is 0 Å². The van der Waals surface area contributed by atoms with Gasteiger partial charge in [-0.15, -0.1) is 0 Å². The molecule has 2 atom stereocenters. The molecule has 2 fully saturated rings. The number of nitrogens with zero attached hydrogens (tertiary/aromatic N) is 1. The van der Waals surface area contributed by atoms with Gasteiger partial charge >= 0.3 is 0 Å². The first-order chi connectivity index (χ1) is 9.19. The van der Waals surface area contributed by atoms with Crippen molar-refractivity contribution >= 4 is 5.69 Å². The number of fused-ring (bicyclic) bond motifs is 2. The van der Waals surface area contributed by atoms with E-state index in [1.54, 1.807) is 0 Å². The second-order valence-electron chi connectivity index (χ2n) is 6.31. The summed E-state index contributed by atoms with van der Waals surface area (Å²) in [5.74, 6) is 0. The van der Waals surface area contributed by atoms with Gasteiger partial charge in [-0.05, 0) is 57.7 Å². The van der Waals surface area contributed by atoms with Crippen LogP contribution in [0.2, 0.25) is 0 Å². The van der Waals surface area contributed by atoms with Crippen molar-refractivity contribution in [2.75, 3.05) is 11.4 Å². The van der Waals surface area contributed by atoms with Crippen molar-refractivity contribution < 1.29 is 0 Å². The van der Waals surface area contributed by atoms with E-state index >= 15 is 0 Å². The second-order valence-corrected chi connectivity index (χ2v) is 6.31. The van der Waals surface area contributed by atoms with E-state index in [0.29, 0.717) is 0 Å². The Kier molecular flexibility index (Phi) is 3.53. The lowest BCUT2D eigenvalue weighted by atomic mass is 9.95. The fraction of sp³-hybridized carbons (Fsp3) is 0.647. The maximum Gasteiger partial charge on any atom is 0.0401 e. The molecular formula is C17H26N2. The van der Waals surface area contributed by atoms with Gasteiger partial charge in [0.15, 0.2) is 0 Å². The van der Waals surface area contributed by atoms with E-state index in [0.717, 1.165) is 24.7 Å². The van der Waals surface area contributed by atoms with E-state index in [1.807, 2.05) is 0 Å². The number of rotatable bonds is 3. The predicted octanol–water partition coefficient (Wildman–Crippen LogP) is 3.41. The predicted molar refractivity (Wildman–Crippen MR) is 81.9 cm³/mol. The van der Waals surface area contributed by atoms with Crippen LogP contribution < -0.4 is 10.2 Å². The molecule has 0 saturated carbocycles. The molecular weight excluding hydrogens is 232 g/mol. The molecule has 0 amide bonds. The molecule has 19 heavy (non-hydrogen) atoms. The van der Waals surface area contributed by atoms with Crippen LogP contribution in [-0.2, 0) is 0 Å². The second kappa shape index (κ2) is 5.16. The molecule has 0 spiro atoms. The van der Waals surface area contributed by atoms with Gasteiger partial charge in [-0.1, -0.05) is 24.6 Å². The number of benzene rings is 1. The van der Waals surface area contributed by atoms with E-state index in [1.165, 1.54) is 42.5 Å². The van der Waals surface area contributed by atoms with E-state index in [-0.39, 0.29) is 0 Å². The standard InChI is InChI=1S/C17H26N2/c1-4-18-14-10-15-6-7-16(11-14)19(15)17-8-5-12(2)9-13(17)3/h5,8-9,14-16,18H,4,6-7,10-11H2,1-3H3. The lowest BCUT2D eigenvalue weighted by Crippen LogP contribution is -2.49. The Hall–Kier alpha value is -1.02. The zero-order chi connectivity index (χ0) is 13.4. The molecule has 2 nitrogen and oxygen atoms in total. The van der Waals surface area contributed by atoms with Crippen molar-refractivity contribution in [2.24, 2.45) is 0 Å². The zero-order valence-corrected chi connectivity index (χ0v) is 12.4. The number of hydrogen-bond acceptors (Lipinski definition) is 2. The van der Waals surface area contributed by atoms with Crippen LogP contribution in [0.15, 0.2) is 18.2 Å². The summed E-state index contributed by atoms with van der Waals surface area (Å²) in [6.07, 6.45) is 5.38. The third-order valence-corrected chi connectivity index (χ3v) is 4.86. The van der Waals surface area contributed by atoms with Crippen molar-refractivity contribution in [3.8, 4) is 0 Å². The third kappa shape index (κ3) is 2.38. The average molecular weight is 258 g/mol. The lowest BCUT2D eigenvalue weighted by molar-refractivity contribution is 0.361. The molecule has 0 aromatic heterocycles. The molecule has 2 heterocycles. The molecule has 1 N–H and O–H groups in total. The topological polar surface area (TPSA) is 15.3 Å². The van der Waals surface area contributed by atoms with Gasteiger partial charge in [0, 0.05) is 23.8 Å². The molecule has 0 aliphatic carbocycles. The van der Waals surface area contributed by atoms with Crippen molar-refractivity contribution in [1.29, 1.82) is 0 Å².